The molecule has 1 atom stereocenters. The number of aromatic nitrogens is 1. The van der Waals surface area contributed by atoms with Gasteiger partial charge in [-0.25, -0.2) is 9.59 Å². The number of carbonyl (C=O) groups excluding carboxylic acids is 4. The smallest absolute Gasteiger partial charge is 0.349 e. The van der Waals surface area contributed by atoms with Gasteiger partial charge >= 0.3 is 12.0 Å². The van der Waals surface area contributed by atoms with Crippen molar-refractivity contribution >= 4 is 29.9 Å². The van der Waals surface area contributed by atoms with Crippen LogP contribution in [0.25, 0.3) is 6.08 Å². The van der Waals surface area contributed by atoms with Crippen molar-refractivity contribution in [2.45, 2.75) is 46.7 Å². The summed E-state index contributed by atoms with van der Waals surface area (Å²) in [5.74, 6) is -2.17. The van der Waals surface area contributed by atoms with E-state index in [1.165, 1.54) is 13.0 Å². The van der Waals surface area contributed by atoms with Crippen LogP contribution >= 0.6 is 0 Å². The predicted molar refractivity (Wildman–Crippen MR) is 131 cm³/mol. The quantitative estimate of drug-likeness (QED) is 0.252. The van der Waals surface area contributed by atoms with E-state index < -0.39 is 36.0 Å². The number of amides is 4. The number of hydrogen-bond acceptors (Lipinski definition) is 6. The molecule has 2 heterocycles. The van der Waals surface area contributed by atoms with Crippen molar-refractivity contribution in [1.29, 1.82) is 5.26 Å². The van der Waals surface area contributed by atoms with Crippen LogP contribution in [0.1, 0.15) is 43.3 Å². The van der Waals surface area contributed by atoms with Crippen LogP contribution in [0, 0.1) is 31.1 Å². The van der Waals surface area contributed by atoms with E-state index in [0.29, 0.717) is 22.1 Å². The fraction of sp³-hybridized carbons (Fsp3) is 0.346. The molecule has 0 bridgehead atoms. The average molecular weight is 492 g/mol. The first-order valence-electron chi connectivity index (χ1n) is 11.4. The number of nitriles is 1. The molecule has 10 heteroatoms. The lowest BCUT2D eigenvalue weighted by molar-refractivity contribution is -0.147. The molecule has 1 aliphatic heterocycles. The molecule has 10 nitrogen and oxygen atoms in total. The van der Waals surface area contributed by atoms with Gasteiger partial charge < -0.3 is 14.6 Å². The van der Waals surface area contributed by atoms with Crippen molar-refractivity contribution in [2.24, 2.45) is 5.92 Å². The van der Waals surface area contributed by atoms with Crippen LogP contribution in [-0.2, 0) is 31.2 Å². The van der Waals surface area contributed by atoms with Gasteiger partial charge in [-0.2, -0.15) is 10.3 Å². The molecule has 1 saturated heterocycles. The number of benzene rings is 1. The van der Waals surface area contributed by atoms with Crippen LogP contribution in [0.3, 0.4) is 0 Å². The third-order valence-corrected chi connectivity index (χ3v) is 5.91. The van der Waals surface area contributed by atoms with Crippen LogP contribution in [0.15, 0.2) is 42.0 Å². The molecule has 0 aliphatic carbocycles. The highest BCUT2D eigenvalue weighted by Crippen LogP contribution is 2.27. The normalized spacial score (nSPS) is 17.7. The topological polar surface area (TPSA) is 134 Å². The van der Waals surface area contributed by atoms with Gasteiger partial charge in [0, 0.05) is 17.9 Å². The van der Waals surface area contributed by atoms with Crippen LogP contribution in [-0.4, -0.2) is 40.0 Å². The number of urea groups is 1. The summed E-state index contributed by atoms with van der Waals surface area (Å²) in [5, 5.41) is 12.6. The molecular weight excluding hydrogens is 462 g/mol. The van der Waals surface area contributed by atoms with Gasteiger partial charge in [-0.1, -0.05) is 44.2 Å². The Bertz CT molecular complexity index is 1270. The Morgan fingerprint density at radius 2 is 1.89 bits per heavy atom. The molecular formula is C26H29N5O5. The van der Waals surface area contributed by atoms with E-state index in [2.05, 4.69) is 29.2 Å². The number of hydrogen-bond donors (Lipinski definition) is 2. The number of rotatable bonds is 8. The van der Waals surface area contributed by atoms with E-state index in [0.717, 1.165) is 17.9 Å². The summed E-state index contributed by atoms with van der Waals surface area (Å²) in [4.78, 5) is 50.0. The molecule has 2 aromatic rings. The number of nitrogens with zero attached hydrogens (tertiary/aromatic N) is 3. The van der Waals surface area contributed by atoms with Crippen LogP contribution < -0.4 is 10.7 Å². The third kappa shape index (κ3) is 5.30. The molecule has 1 fully saturated rings. The summed E-state index contributed by atoms with van der Waals surface area (Å²) < 4.78 is 7.07. The molecule has 1 aromatic heterocycles. The van der Waals surface area contributed by atoms with Crippen LogP contribution in [0.5, 0.6) is 0 Å². The molecule has 2 N–H and O–H groups in total. The summed E-state index contributed by atoms with van der Waals surface area (Å²) in [6, 6.07) is 11.4. The largest absolute Gasteiger partial charge is 0.451 e. The summed E-state index contributed by atoms with van der Waals surface area (Å²) in [5.41, 5.74) is 3.66. The average Bonchev–Trinajstić information content (AvgIpc) is 3.23. The van der Waals surface area contributed by atoms with Crippen LogP contribution in [0.2, 0.25) is 0 Å². The number of esters is 1. The lowest BCUT2D eigenvalue weighted by atomic mass is 9.92. The van der Waals surface area contributed by atoms with Gasteiger partial charge in [0.1, 0.15) is 17.2 Å². The zero-order valence-corrected chi connectivity index (χ0v) is 20.9. The van der Waals surface area contributed by atoms with E-state index in [1.54, 1.807) is 36.4 Å². The minimum absolute atomic E-state index is 0.278. The molecule has 188 valence electrons. The summed E-state index contributed by atoms with van der Waals surface area (Å²) in [6.45, 7) is 9.57. The molecule has 0 radical (unpaired) electrons. The molecule has 36 heavy (non-hydrogen) atoms. The lowest BCUT2D eigenvalue weighted by Gasteiger charge is -2.22. The molecule has 0 saturated carbocycles. The summed E-state index contributed by atoms with van der Waals surface area (Å²) in [7, 11) is 0. The molecule has 0 spiro atoms. The van der Waals surface area contributed by atoms with Crippen LogP contribution in [0.4, 0.5) is 4.79 Å². The first-order chi connectivity index (χ1) is 17.0. The van der Waals surface area contributed by atoms with E-state index in [9.17, 15) is 24.4 Å². The minimum Gasteiger partial charge on any atom is -0.451 e. The minimum atomic E-state index is -1.36. The van der Waals surface area contributed by atoms with E-state index >= 15 is 0 Å². The first kappa shape index (κ1) is 26.2. The lowest BCUT2D eigenvalue weighted by Crippen LogP contribution is -2.49. The second-order valence-electron chi connectivity index (χ2n) is 9.17. The van der Waals surface area contributed by atoms with Crippen molar-refractivity contribution in [3.63, 3.8) is 0 Å². The van der Waals surface area contributed by atoms with Crippen molar-refractivity contribution in [3.05, 3.63) is 64.5 Å². The van der Waals surface area contributed by atoms with Crippen molar-refractivity contribution in [2.75, 3.05) is 6.61 Å². The summed E-state index contributed by atoms with van der Waals surface area (Å²) in [6.07, 6.45) is 1.42. The van der Waals surface area contributed by atoms with Gasteiger partial charge in [0.05, 0.1) is 0 Å². The number of carbonyl (C=O) groups is 4. The van der Waals surface area contributed by atoms with Gasteiger partial charge in [0.2, 0.25) is 0 Å². The fourth-order valence-electron chi connectivity index (χ4n) is 3.99. The SMILES string of the molecule is Cc1cc(C=C(C#N)C(=O)OCC(=O)NN2C(=O)NC(C)(c3ccccc3)C2=O)c(C)n1CC(C)C. The van der Waals surface area contributed by atoms with Gasteiger partial charge in [0.25, 0.3) is 11.8 Å². The Labute approximate surface area is 209 Å². The van der Waals surface area contributed by atoms with E-state index in [1.807, 2.05) is 19.9 Å². The Hall–Kier alpha value is -4.39. The Kier molecular flexibility index (Phi) is 7.63. The highest BCUT2D eigenvalue weighted by atomic mass is 16.5. The first-order valence-corrected chi connectivity index (χ1v) is 11.4. The maximum Gasteiger partial charge on any atom is 0.349 e. The molecule has 3 rings (SSSR count). The van der Waals surface area contributed by atoms with Gasteiger partial charge in [0.15, 0.2) is 6.61 Å². The van der Waals surface area contributed by atoms with Crippen molar-refractivity contribution in [1.82, 2.24) is 20.3 Å². The Morgan fingerprint density at radius 3 is 2.50 bits per heavy atom. The number of nitrogens with one attached hydrogen (secondary N) is 2. The second-order valence-corrected chi connectivity index (χ2v) is 9.17. The third-order valence-electron chi connectivity index (χ3n) is 5.91. The summed E-state index contributed by atoms with van der Waals surface area (Å²) >= 11 is 0. The van der Waals surface area contributed by atoms with Gasteiger partial charge in [-0.15, -0.1) is 0 Å². The van der Waals surface area contributed by atoms with Crippen molar-refractivity contribution in [3.8, 4) is 6.07 Å². The maximum absolute atomic E-state index is 12.9. The Morgan fingerprint density at radius 1 is 1.22 bits per heavy atom. The second kappa shape index (κ2) is 10.5. The predicted octanol–water partition coefficient (Wildman–Crippen LogP) is 2.71. The van der Waals surface area contributed by atoms with Gasteiger partial charge in [-0.3, -0.25) is 15.0 Å². The van der Waals surface area contributed by atoms with E-state index in [4.69, 9.17) is 4.74 Å². The zero-order chi connectivity index (χ0) is 26.6. The Balaban J connectivity index is 1.64. The number of hydrazine groups is 1. The van der Waals surface area contributed by atoms with E-state index in [-0.39, 0.29) is 5.57 Å². The highest BCUT2D eigenvalue weighted by molar-refractivity contribution is 6.08. The number of imide groups is 1. The molecule has 1 aliphatic rings. The van der Waals surface area contributed by atoms with Gasteiger partial charge in [-0.05, 0) is 50.0 Å². The molecule has 1 aromatic carbocycles. The highest BCUT2D eigenvalue weighted by Gasteiger charge is 2.50. The monoisotopic (exact) mass is 491 g/mol. The fourth-order valence-corrected chi connectivity index (χ4v) is 3.99. The molecule has 4 amide bonds. The zero-order valence-electron chi connectivity index (χ0n) is 20.9. The maximum atomic E-state index is 12.9. The molecule has 1 unspecified atom stereocenters. The standard InChI is InChI=1S/C26H29N5O5/c1-16(2)14-30-17(3)11-19(18(30)4)12-20(13-27)23(33)36-15-22(32)29-31-24(34)26(5,28-25(31)35)21-9-7-6-8-10-21/h6-12,16H,14-15H2,1-5H3,(H,28,35)(H,29,32). The number of ether oxygens (including phenoxy) is 1. The number of aryl methyl sites for hydroxylation is 1. The van der Waals surface area contributed by atoms with Crippen molar-refractivity contribution < 1.29 is 23.9 Å².